The van der Waals surface area contributed by atoms with Gasteiger partial charge in [-0.3, -0.25) is 0 Å². The number of fused-ring (bicyclic) bond motifs is 1. The summed E-state index contributed by atoms with van der Waals surface area (Å²) in [6.45, 7) is 2.06. The van der Waals surface area contributed by atoms with Crippen molar-refractivity contribution < 1.29 is 14.3 Å². The predicted molar refractivity (Wildman–Crippen MR) is 92.7 cm³/mol. The van der Waals surface area contributed by atoms with Gasteiger partial charge in [0.05, 0.1) is 6.07 Å². The second-order valence-electron chi connectivity index (χ2n) is 5.12. The molecule has 0 saturated heterocycles. The number of hydrogen-bond acceptors (Lipinski definition) is 6. The van der Waals surface area contributed by atoms with E-state index in [1.165, 1.54) is 0 Å². The van der Waals surface area contributed by atoms with E-state index in [2.05, 4.69) is 16.3 Å². The minimum atomic E-state index is -1.08. The van der Waals surface area contributed by atoms with E-state index >= 15 is 0 Å². The molecule has 3 aromatic rings. The van der Waals surface area contributed by atoms with E-state index in [1.54, 1.807) is 16.8 Å². The zero-order chi connectivity index (χ0) is 17.8. The molecule has 0 aliphatic carbocycles. The van der Waals surface area contributed by atoms with Crippen LogP contribution in [0, 0.1) is 11.3 Å². The average molecular weight is 354 g/mol. The molecule has 0 fully saturated rings. The quantitative estimate of drug-likeness (QED) is 0.534. The van der Waals surface area contributed by atoms with Crippen molar-refractivity contribution >= 4 is 34.7 Å². The lowest BCUT2D eigenvalue weighted by Crippen LogP contribution is -1.96. The van der Waals surface area contributed by atoms with Crippen LogP contribution in [-0.2, 0) is 17.8 Å². The zero-order valence-electron chi connectivity index (χ0n) is 13.3. The van der Waals surface area contributed by atoms with Crippen LogP contribution in [0.5, 0.6) is 0 Å². The molecular formula is C17H14N4O3S. The molecule has 1 aromatic carbocycles. The van der Waals surface area contributed by atoms with E-state index < -0.39 is 5.97 Å². The van der Waals surface area contributed by atoms with Crippen molar-refractivity contribution in [3.05, 3.63) is 46.8 Å². The second-order valence-corrected chi connectivity index (χ2v) is 6.11. The Labute approximate surface area is 147 Å². The highest BCUT2D eigenvalue weighted by Gasteiger charge is 2.16. The lowest BCUT2D eigenvalue weighted by Gasteiger charge is -1.98. The number of para-hydroxylation sites is 1. The third kappa shape index (κ3) is 3.56. The van der Waals surface area contributed by atoms with Gasteiger partial charge in [0.1, 0.15) is 11.4 Å². The normalized spacial score (nSPS) is 11.6. The number of aryl methyl sites for hydroxylation is 1. The molecule has 25 heavy (non-hydrogen) atoms. The fraction of sp³-hybridized carbons (Fsp3) is 0.176. The maximum Gasteiger partial charge on any atom is 0.342 e. The van der Waals surface area contributed by atoms with Gasteiger partial charge in [0, 0.05) is 29.1 Å². The summed E-state index contributed by atoms with van der Waals surface area (Å²) in [6, 6.07) is 9.63. The maximum atomic E-state index is 11.6. The van der Waals surface area contributed by atoms with Gasteiger partial charge in [0.25, 0.3) is 5.22 Å². The minimum Gasteiger partial charge on any atom is -0.477 e. The number of aliphatic carboxylic acids is 1. The van der Waals surface area contributed by atoms with Gasteiger partial charge < -0.3 is 14.1 Å². The van der Waals surface area contributed by atoms with Gasteiger partial charge in [-0.1, -0.05) is 25.1 Å². The first-order valence-electron chi connectivity index (χ1n) is 7.52. The SMILES string of the molecule is CCc1nnc(S/C(=C\c2cn(CC#N)c3ccccc23)C(=O)O)o1. The Morgan fingerprint density at radius 1 is 1.44 bits per heavy atom. The van der Waals surface area contributed by atoms with Crippen molar-refractivity contribution in [2.75, 3.05) is 0 Å². The van der Waals surface area contributed by atoms with Crippen LogP contribution in [0.1, 0.15) is 18.4 Å². The number of nitrogens with zero attached hydrogens (tertiary/aromatic N) is 4. The highest BCUT2D eigenvalue weighted by Crippen LogP contribution is 2.30. The standard InChI is InChI=1S/C17H14N4O3S/c1-2-15-19-20-17(24-15)25-14(16(22)23)9-11-10-21(8-7-18)13-6-4-3-5-12(11)13/h3-6,9-10H,2,8H2,1H3,(H,22,23)/b14-9-. The molecule has 8 heteroatoms. The molecule has 0 amide bonds. The number of carbonyl (C=O) groups is 1. The van der Waals surface area contributed by atoms with Gasteiger partial charge in [-0.25, -0.2) is 4.79 Å². The fourth-order valence-electron chi connectivity index (χ4n) is 2.39. The van der Waals surface area contributed by atoms with Crippen LogP contribution in [0.4, 0.5) is 0 Å². The summed E-state index contributed by atoms with van der Waals surface area (Å²) in [5.74, 6) is -0.628. The van der Waals surface area contributed by atoms with Crippen LogP contribution in [0.2, 0.25) is 0 Å². The van der Waals surface area contributed by atoms with Crippen LogP contribution in [0.15, 0.2) is 45.0 Å². The molecule has 0 aliphatic rings. The Hall–Kier alpha value is -3.05. The van der Waals surface area contributed by atoms with Crippen molar-refractivity contribution in [1.82, 2.24) is 14.8 Å². The van der Waals surface area contributed by atoms with E-state index in [9.17, 15) is 9.90 Å². The molecule has 0 unspecified atom stereocenters. The Bertz CT molecular complexity index is 997. The number of hydrogen-bond donors (Lipinski definition) is 1. The van der Waals surface area contributed by atoms with Gasteiger partial charge in [-0.2, -0.15) is 5.26 Å². The van der Waals surface area contributed by atoms with E-state index in [0.29, 0.717) is 17.9 Å². The second kappa shape index (κ2) is 7.23. The number of carboxylic acid groups (broad SMARTS) is 1. The van der Waals surface area contributed by atoms with Gasteiger partial charge in [0.15, 0.2) is 0 Å². The Kier molecular flexibility index (Phi) is 4.86. The number of rotatable bonds is 6. The Morgan fingerprint density at radius 2 is 2.24 bits per heavy atom. The molecule has 0 spiro atoms. The number of aromatic nitrogens is 3. The van der Waals surface area contributed by atoms with Crippen molar-refractivity contribution in [3.8, 4) is 6.07 Å². The number of nitriles is 1. The molecule has 0 aliphatic heterocycles. The smallest absolute Gasteiger partial charge is 0.342 e. The van der Waals surface area contributed by atoms with Crippen LogP contribution in [0.25, 0.3) is 17.0 Å². The Morgan fingerprint density at radius 3 is 2.92 bits per heavy atom. The topological polar surface area (TPSA) is 105 Å². The minimum absolute atomic E-state index is 0.0613. The first-order valence-corrected chi connectivity index (χ1v) is 8.34. The van der Waals surface area contributed by atoms with Gasteiger partial charge >= 0.3 is 5.97 Å². The van der Waals surface area contributed by atoms with E-state index in [4.69, 9.17) is 9.68 Å². The fourth-order valence-corrected chi connectivity index (χ4v) is 3.07. The van der Waals surface area contributed by atoms with Gasteiger partial charge in [0.2, 0.25) is 5.89 Å². The molecule has 0 saturated carbocycles. The lowest BCUT2D eigenvalue weighted by atomic mass is 10.1. The first kappa shape index (κ1) is 16.8. The van der Waals surface area contributed by atoms with Gasteiger partial charge in [-0.05, 0) is 23.9 Å². The van der Waals surface area contributed by atoms with Crippen LogP contribution < -0.4 is 0 Å². The maximum absolute atomic E-state index is 11.6. The summed E-state index contributed by atoms with van der Waals surface area (Å²) < 4.78 is 7.16. The summed E-state index contributed by atoms with van der Waals surface area (Å²) in [4.78, 5) is 11.7. The number of thioether (sulfide) groups is 1. The highest BCUT2D eigenvalue weighted by molar-refractivity contribution is 8.03. The summed E-state index contributed by atoms with van der Waals surface area (Å²) in [5, 5.41) is 27.2. The van der Waals surface area contributed by atoms with Crippen LogP contribution in [0.3, 0.4) is 0 Å². The predicted octanol–water partition coefficient (Wildman–Crippen LogP) is 3.33. The molecule has 0 radical (unpaired) electrons. The van der Waals surface area contributed by atoms with Crippen LogP contribution >= 0.6 is 11.8 Å². The van der Waals surface area contributed by atoms with Gasteiger partial charge in [-0.15, -0.1) is 10.2 Å². The van der Waals surface area contributed by atoms with E-state index in [-0.39, 0.29) is 16.7 Å². The van der Waals surface area contributed by atoms with Crippen molar-refractivity contribution in [1.29, 1.82) is 5.26 Å². The molecule has 0 atom stereocenters. The molecular weight excluding hydrogens is 340 g/mol. The molecule has 0 bridgehead atoms. The largest absolute Gasteiger partial charge is 0.477 e. The third-order valence-electron chi connectivity index (χ3n) is 3.51. The molecule has 2 heterocycles. The van der Waals surface area contributed by atoms with E-state index in [0.717, 1.165) is 22.7 Å². The summed E-state index contributed by atoms with van der Waals surface area (Å²) in [7, 11) is 0. The van der Waals surface area contributed by atoms with Crippen molar-refractivity contribution in [3.63, 3.8) is 0 Å². The third-order valence-corrected chi connectivity index (χ3v) is 4.36. The monoisotopic (exact) mass is 354 g/mol. The number of benzene rings is 1. The molecule has 1 N–H and O–H groups in total. The highest BCUT2D eigenvalue weighted by atomic mass is 32.2. The average Bonchev–Trinajstić information content (AvgIpc) is 3.20. The lowest BCUT2D eigenvalue weighted by molar-refractivity contribution is -0.131. The summed E-state index contributed by atoms with van der Waals surface area (Å²) in [6.07, 6.45) is 3.91. The number of carboxylic acids is 1. The van der Waals surface area contributed by atoms with Crippen LogP contribution in [-0.4, -0.2) is 25.8 Å². The molecule has 7 nitrogen and oxygen atoms in total. The molecule has 3 rings (SSSR count). The Balaban J connectivity index is 2.02. The molecule has 2 aromatic heterocycles. The van der Waals surface area contributed by atoms with E-state index in [1.807, 2.05) is 31.2 Å². The first-order chi connectivity index (χ1) is 12.1. The zero-order valence-corrected chi connectivity index (χ0v) is 14.2. The van der Waals surface area contributed by atoms with Crippen molar-refractivity contribution in [2.45, 2.75) is 25.1 Å². The van der Waals surface area contributed by atoms with Crippen molar-refractivity contribution in [2.24, 2.45) is 0 Å². The summed E-state index contributed by atoms with van der Waals surface area (Å²) in [5.41, 5.74) is 1.59. The molecule has 126 valence electrons. The summed E-state index contributed by atoms with van der Waals surface area (Å²) >= 11 is 0.906.